The molecule has 0 fully saturated rings. The number of benzene rings is 2. The predicted octanol–water partition coefficient (Wildman–Crippen LogP) is 7.62. The van der Waals surface area contributed by atoms with Crippen molar-refractivity contribution in [2.45, 2.75) is 60.8 Å². The molecule has 0 heteroatoms. The highest BCUT2D eigenvalue weighted by molar-refractivity contribution is 4.99. The minimum absolute atomic E-state index is 1.25. The molecule has 0 radical (unpaired) electrons. The van der Waals surface area contributed by atoms with Crippen LogP contribution in [0.15, 0.2) is 72.8 Å². The van der Waals surface area contributed by atoms with Crippen molar-refractivity contribution < 1.29 is 0 Å². The van der Waals surface area contributed by atoms with Crippen LogP contribution < -0.4 is 0 Å². The van der Waals surface area contributed by atoms with Gasteiger partial charge in [-0.2, -0.15) is 0 Å². The Bertz CT molecular complexity index is 210. The van der Waals surface area contributed by atoms with Crippen LogP contribution in [0.2, 0.25) is 0 Å². The quantitative estimate of drug-likeness (QED) is 0.467. The van der Waals surface area contributed by atoms with E-state index in [1.807, 2.05) is 72.8 Å². The molecule has 0 unspecified atom stereocenters. The first-order chi connectivity index (χ1) is 10.2. The Morgan fingerprint density at radius 1 is 0.286 bits per heavy atom. The van der Waals surface area contributed by atoms with Gasteiger partial charge in [0.1, 0.15) is 0 Å². The first kappa shape index (κ1) is 24.5. The van der Waals surface area contributed by atoms with E-state index >= 15 is 0 Å². The molecule has 0 aromatic heterocycles. The van der Waals surface area contributed by atoms with Crippen molar-refractivity contribution in [2.24, 2.45) is 0 Å². The van der Waals surface area contributed by atoms with Crippen molar-refractivity contribution in [3.63, 3.8) is 0 Å². The number of rotatable bonds is 0. The van der Waals surface area contributed by atoms with E-state index in [1.165, 1.54) is 19.3 Å². The van der Waals surface area contributed by atoms with Gasteiger partial charge >= 0.3 is 0 Å². The summed E-state index contributed by atoms with van der Waals surface area (Å²) in [6.45, 7) is 12.8. The van der Waals surface area contributed by atoms with Gasteiger partial charge < -0.3 is 0 Å². The summed E-state index contributed by atoms with van der Waals surface area (Å²) in [5, 5.41) is 0. The van der Waals surface area contributed by atoms with Crippen molar-refractivity contribution in [1.29, 1.82) is 0 Å². The topological polar surface area (TPSA) is 0 Å². The zero-order valence-electron chi connectivity index (χ0n) is 15.0. The summed E-state index contributed by atoms with van der Waals surface area (Å²) < 4.78 is 0. The molecule has 0 bridgehead atoms. The molecule has 0 N–H and O–H groups in total. The molecule has 0 aliphatic carbocycles. The van der Waals surface area contributed by atoms with Gasteiger partial charge in [-0.15, -0.1) is 0 Å². The highest BCUT2D eigenvalue weighted by Crippen LogP contribution is 1.80. The Hall–Kier alpha value is -1.56. The molecule has 0 saturated carbocycles. The molecule has 21 heavy (non-hydrogen) atoms. The van der Waals surface area contributed by atoms with Crippen LogP contribution in [-0.4, -0.2) is 0 Å². The third kappa shape index (κ3) is 45.7. The second-order valence-corrected chi connectivity index (χ2v) is 4.43. The molecule has 2 aromatic rings. The molecule has 0 amide bonds. The Balaban J connectivity index is -0.000000204. The van der Waals surface area contributed by atoms with Gasteiger partial charge in [0.15, 0.2) is 0 Å². The maximum atomic E-state index is 2.12. The maximum Gasteiger partial charge on any atom is -0.0590 e. The Morgan fingerprint density at radius 2 is 0.333 bits per heavy atom. The van der Waals surface area contributed by atoms with E-state index in [2.05, 4.69) is 41.5 Å². The van der Waals surface area contributed by atoms with Crippen LogP contribution in [0.25, 0.3) is 0 Å². The second kappa shape index (κ2) is 31.0. The first-order valence-electron chi connectivity index (χ1n) is 8.24. The van der Waals surface area contributed by atoms with Crippen molar-refractivity contribution in [3.05, 3.63) is 72.8 Å². The molecule has 0 nitrogen and oxygen atoms in total. The highest BCUT2D eigenvalue weighted by Gasteiger charge is 1.58. The molecule has 120 valence electrons. The molecule has 0 aliphatic heterocycles. The lowest BCUT2D eigenvalue weighted by atomic mass is 10.4. The molecular weight excluding hydrogens is 252 g/mol. The van der Waals surface area contributed by atoms with E-state index < -0.39 is 0 Å². The van der Waals surface area contributed by atoms with E-state index in [9.17, 15) is 0 Å². The van der Waals surface area contributed by atoms with Gasteiger partial charge in [-0.05, 0) is 0 Å². The zero-order valence-corrected chi connectivity index (χ0v) is 15.0. The third-order valence-electron chi connectivity index (χ3n) is 1.33. The van der Waals surface area contributed by atoms with Gasteiger partial charge in [-0.3, -0.25) is 0 Å². The summed E-state index contributed by atoms with van der Waals surface area (Å²) in [5.74, 6) is 0. The summed E-state index contributed by atoms with van der Waals surface area (Å²) in [4.78, 5) is 0. The fourth-order valence-electron chi connectivity index (χ4n) is 0.770. The van der Waals surface area contributed by atoms with E-state index in [0.717, 1.165) is 0 Å². The van der Waals surface area contributed by atoms with Gasteiger partial charge in [-0.1, -0.05) is 134 Å². The predicted molar refractivity (Wildman–Crippen MR) is 101 cm³/mol. The SMILES string of the molecule is CCC.CCC.CCC.c1ccccc1.c1ccccc1. The smallest absolute Gasteiger partial charge is 0.0590 e. The largest absolute Gasteiger partial charge is 0.0656 e. The molecule has 0 saturated heterocycles. The van der Waals surface area contributed by atoms with E-state index in [-0.39, 0.29) is 0 Å². The Kier molecular flexibility index (Phi) is 36.2. The van der Waals surface area contributed by atoms with E-state index in [4.69, 9.17) is 0 Å². The molecule has 0 atom stereocenters. The minimum atomic E-state index is 1.25. The standard InChI is InChI=1S/2C6H6.3C3H8/c2*1-2-4-6-5-3-1;3*1-3-2/h2*1-6H;3*3H2,1-2H3. The Morgan fingerprint density at radius 3 is 0.381 bits per heavy atom. The maximum absolute atomic E-state index is 2.12. The summed E-state index contributed by atoms with van der Waals surface area (Å²) in [7, 11) is 0. The van der Waals surface area contributed by atoms with Crippen LogP contribution in [0.1, 0.15) is 60.8 Å². The van der Waals surface area contributed by atoms with Gasteiger partial charge in [0.2, 0.25) is 0 Å². The zero-order chi connectivity index (χ0) is 16.6. The monoisotopic (exact) mass is 288 g/mol. The molecule has 0 heterocycles. The van der Waals surface area contributed by atoms with Crippen LogP contribution in [0, 0.1) is 0 Å². The van der Waals surface area contributed by atoms with Crippen LogP contribution in [0.4, 0.5) is 0 Å². The minimum Gasteiger partial charge on any atom is -0.0656 e. The molecule has 2 aromatic carbocycles. The lowest BCUT2D eigenvalue weighted by Crippen LogP contribution is -1.47. The first-order valence-corrected chi connectivity index (χ1v) is 8.24. The van der Waals surface area contributed by atoms with Crippen LogP contribution in [0.3, 0.4) is 0 Å². The lowest BCUT2D eigenvalue weighted by Gasteiger charge is -1.69. The van der Waals surface area contributed by atoms with Gasteiger partial charge in [0.25, 0.3) is 0 Å². The summed E-state index contributed by atoms with van der Waals surface area (Å²) in [6, 6.07) is 24.0. The summed E-state index contributed by atoms with van der Waals surface area (Å²) in [6.07, 6.45) is 3.75. The Labute approximate surface area is 134 Å². The number of hydrogen-bond donors (Lipinski definition) is 0. The molecular formula is C21H36. The van der Waals surface area contributed by atoms with Crippen molar-refractivity contribution >= 4 is 0 Å². The second-order valence-electron chi connectivity index (χ2n) is 4.43. The summed E-state index contributed by atoms with van der Waals surface area (Å²) in [5.41, 5.74) is 0. The summed E-state index contributed by atoms with van der Waals surface area (Å²) >= 11 is 0. The van der Waals surface area contributed by atoms with Crippen LogP contribution in [-0.2, 0) is 0 Å². The van der Waals surface area contributed by atoms with Gasteiger partial charge in [0.05, 0.1) is 0 Å². The van der Waals surface area contributed by atoms with Crippen LogP contribution in [0.5, 0.6) is 0 Å². The van der Waals surface area contributed by atoms with Crippen LogP contribution >= 0.6 is 0 Å². The van der Waals surface area contributed by atoms with Gasteiger partial charge in [0, 0.05) is 0 Å². The molecule has 0 spiro atoms. The molecule has 2 rings (SSSR count). The highest BCUT2D eigenvalue weighted by atomic mass is 13.7. The molecule has 0 aliphatic rings. The van der Waals surface area contributed by atoms with Crippen molar-refractivity contribution in [3.8, 4) is 0 Å². The average Bonchev–Trinajstić information content (AvgIpc) is 2.54. The van der Waals surface area contributed by atoms with Crippen molar-refractivity contribution in [1.82, 2.24) is 0 Å². The van der Waals surface area contributed by atoms with Crippen molar-refractivity contribution in [2.75, 3.05) is 0 Å². The third-order valence-corrected chi connectivity index (χ3v) is 1.33. The van der Waals surface area contributed by atoms with E-state index in [0.29, 0.717) is 0 Å². The average molecular weight is 289 g/mol. The number of hydrogen-bond acceptors (Lipinski definition) is 0. The fourth-order valence-corrected chi connectivity index (χ4v) is 0.770. The van der Waals surface area contributed by atoms with E-state index in [1.54, 1.807) is 0 Å². The normalized spacial score (nSPS) is 7.14. The fraction of sp³-hybridized carbons (Fsp3) is 0.429. The van der Waals surface area contributed by atoms with Gasteiger partial charge in [-0.25, -0.2) is 0 Å². The lowest BCUT2D eigenvalue weighted by molar-refractivity contribution is 1.09.